The molecule has 108 valence electrons. The SMILES string of the molecule is CC(C)N1CCN(C(=O)/C=C/c2ccc(N)cc2)CC1. The first-order valence-electron chi connectivity index (χ1n) is 7.13. The van der Waals surface area contributed by atoms with Crippen LogP contribution in [0.2, 0.25) is 0 Å². The molecule has 0 spiro atoms. The van der Waals surface area contributed by atoms with Gasteiger partial charge in [0.25, 0.3) is 0 Å². The number of piperazine rings is 1. The second-order valence-electron chi connectivity index (χ2n) is 5.46. The number of hydrogen-bond acceptors (Lipinski definition) is 3. The van der Waals surface area contributed by atoms with E-state index in [-0.39, 0.29) is 5.91 Å². The molecular weight excluding hydrogens is 250 g/mol. The molecule has 4 heteroatoms. The minimum absolute atomic E-state index is 0.0882. The van der Waals surface area contributed by atoms with E-state index in [2.05, 4.69) is 18.7 Å². The van der Waals surface area contributed by atoms with Gasteiger partial charge >= 0.3 is 0 Å². The van der Waals surface area contributed by atoms with Gasteiger partial charge in [0.2, 0.25) is 5.91 Å². The summed E-state index contributed by atoms with van der Waals surface area (Å²) in [5.74, 6) is 0.0882. The molecule has 2 rings (SSSR count). The van der Waals surface area contributed by atoms with E-state index in [9.17, 15) is 4.79 Å². The van der Waals surface area contributed by atoms with Crippen molar-refractivity contribution in [2.45, 2.75) is 19.9 Å². The van der Waals surface area contributed by atoms with Crippen molar-refractivity contribution in [3.05, 3.63) is 35.9 Å². The van der Waals surface area contributed by atoms with Crippen LogP contribution in [-0.2, 0) is 4.79 Å². The van der Waals surface area contributed by atoms with E-state index in [1.807, 2.05) is 35.2 Å². The first-order valence-corrected chi connectivity index (χ1v) is 7.13. The number of rotatable bonds is 3. The Morgan fingerprint density at radius 3 is 2.30 bits per heavy atom. The van der Waals surface area contributed by atoms with Crippen molar-refractivity contribution in [3.8, 4) is 0 Å². The minimum atomic E-state index is 0.0882. The predicted octanol–water partition coefficient (Wildman–Crippen LogP) is 1.83. The molecule has 0 aliphatic carbocycles. The number of anilines is 1. The van der Waals surface area contributed by atoms with E-state index >= 15 is 0 Å². The van der Waals surface area contributed by atoms with Crippen LogP contribution >= 0.6 is 0 Å². The number of carbonyl (C=O) groups excluding carboxylic acids is 1. The van der Waals surface area contributed by atoms with Crippen LogP contribution in [0.5, 0.6) is 0 Å². The normalized spacial score (nSPS) is 17.1. The summed E-state index contributed by atoms with van der Waals surface area (Å²) in [4.78, 5) is 16.4. The van der Waals surface area contributed by atoms with Crippen molar-refractivity contribution in [2.24, 2.45) is 0 Å². The molecule has 1 saturated heterocycles. The van der Waals surface area contributed by atoms with E-state index < -0.39 is 0 Å². The van der Waals surface area contributed by atoms with Crippen molar-refractivity contribution in [3.63, 3.8) is 0 Å². The average molecular weight is 273 g/mol. The maximum absolute atomic E-state index is 12.1. The Morgan fingerprint density at radius 1 is 1.15 bits per heavy atom. The van der Waals surface area contributed by atoms with E-state index in [0.717, 1.165) is 37.4 Å². The number of nitrogens with two attached hydrogens (primary N) is 1. The zero-order chi connectivity index (χ0) is 14.5. The molecule has 0 unspecified atom stereocenters. The van der Waals surface area contributed by atoms with Crippen LogP contribution in [0, 0.1) is 0 Å². The molecule has 2 N–H and O–H groups in total. The van der Waals surface area contributed by atoms with E-state index in [4.69, 9.17) is 5.73 Å². The summed E-state index contributed by atoms with van der Waals surface area (Å²) in [5, 5.41) is 0. The summed E-state index contributed by atoms with van der Waals surface area (Å²) in [6.07, 6.45) is 3.49. The topological polar surface area (TPSA) is 49.6 Å². The standard InChI is InChI=1S/C16H23N3O/c1-13(2)18-9-11-19(12-10-18)16(20)8-5-14-3-6-15(17)7-4-14/h3-8,13H,9-12,17H2,1-2H3/b8-5+. The number of carbonyl (C=O) groups is 1. The fourth-order valence-electron chi connectivity index (χ4n) is 2.34. The van der Waals surface area contributed by atoms with Crippen molar-refractivity contribution in [1.82, 2.24) is 9.80 Å². The van der Waals surface area contributed by atoms with Crippen molar-refractivity contribution in [2.75, 3.05) is 31.9 Å². The Balaban J connectivity index is 1.88. The Morgan fingerprint density at radius 2 is 1.75 bits per heavy atom. The third kappa shape index (κ3) is 3.84. The molecule has 0 bridgehead atoms. The van der Waals surface area contributed by atoms with Gasteiger partial charge in [0.15, 0.2) is 0 Å². The van der Waals surface area contributed by atoms with Crippen LogP contribution in [-0.4, -0.2) is 47.9 Å². The third-order valence-electron chi connectivity index (χ3n) is 3.71. The Hall–Kier alpha value is -1.81. The zero-order valence-electron chi connectivity index (χ0n) is 12.2. The fraction of sp³-hybridized carbons (Fsp3) is 0.438. The molecule has 1 amide bonds. The van der Waals surface area contributed by atoms with Crippen molar-refractivity contribution in [1.29, 1.82) is 0 Å². The average Bonchev–Trinajstić information content (AvgIpc) is 2.46. The highest BCUT2D eigenvalue weighted by Crippen LogP contribution is 2.09. The summed E-state index contributed by atoms with van der Waals surface area (Å²) < 4.78 is 0. The summed E-state index contributed by atoms with van der Waals surface area (Å²) >= 11 is 0. The maximum Gasteiger partial charge on any atom is 0.246 e. The zero-order valence-corrected chi connectivity index (χ0v) is 12.2. The molecule has 0 saturated carbocycles. The highest BCUT2D eigenvalue weighted by molar-refractivity contribution is 5.91. The molecule has 1 fully saturated rings. The fourth-order valence-corrected chi connectivity index (χ4v) is 2.34. The molecule has 20 heavy (non-hydrogen) atoms. The molecule has 1 aromatic carbocycles. The highest BCUT2D eigenvalue weighted by Gasteiger charge is 2.20. The van der Waals surface area contributed by atoms with E-state index in [0.29, 0.717) is 6.04 Å². The largest absolute Gasteiger partial charge is 0.399 e. The number of hydrogen-bond donors (Lipinski definition) is 1. The number of nitrogen functional groups attached to an aromatic ring is 1. The molecule has 1 aliphatic heterocycles. The molecular formula is C16H23N3O. The van der Waals surface area contributed by atoms with Gasteiger partial charge in [-0.05, 0) is 37.6 Å². The number of amides is 1. The molecule has 1 aliphatic rings. The molecule has 1 heterocycles. The number of benzene rings is 1. The van der Waals surface area contributed by atoms with Crippen LogP contribution < -0.4 is 5.73 Å². The predicted molar refractivity (Wildman–Crippen MR) is 83.2 cm³/mol. The smallest absolute Gasteiger partial charge is 0.246 e. The number of nitrogens with zero attached hydrogens (tertiary/aromatic N) is 2. The van der Waals surface area contributed by atoms with Gasteiger partial charge < -0.3 is 10.6 Å². The summed E-state index contributed by atoms with van der Waals surface area (Å²) in [5.41, 5.74) is 7.36. The molecule has 1 aromatic rings. The summed E-state index contributed by atoms with van der Waals surface area (Å²) in [6.45, 7) is 7.92. The van der Waals surface area contributed by atoms with Crippen molar-refractivity contribution < 1.29 is 4.79 Å². The van der Waals surface area contributed by atoms with Gasteiger partial charge in [-0.15, -0.1) is 0 Å². The van der Waals surface area contributed by atoms with E-state index in [1.165, 1.54) is 0 Å². The summed E-state index contributed by atoms with van der Waals surface area (Å²) in [6, 6.07) is 8.06. The Labute approximate surface area is 120 Å². The first-order chi connectivity index (χ1) is 9.56. The Bertz CT molecular complexity index is 471. The minimum Gasteiger partial charge on any atom is -0.399 e. The van der Waals surface area contributed by atoms with Gasteiger partial charge in [-0.1, -0.05) is 12.1 Å². The third-order valence-corrected chi connectivity index (χ3v) is 3.71. The maximum atomic E-state index is 12.1. The van der Waals surface area contributed by atoms with Gasteiger partial charge in [-0.2, -0.15) is 0 Å². The van der Waals surface area contributed by atoms with Crippen molar-refractivity contribution >= 4 is 17.7 Å². The lowest BCUT2D eigenvalue weighted by atomic mass is 10.2. The molecule has 4 nitrogen and oxygen atoms in total. The quantitative estimate of drug-likeness (QED) is 0.675. The van der Waals surface area contributed by atoms with Crippen LogP contribution in [0.3, 0.4) is 0 Å². The van der Waals surface area contributed by atoms with Gasteiger partial charge in [0.1, 0.15) is 0 Å². The second-order valence-corrected chi connectivity index (χ2v) is 5.46. The van der Waals surface area contributed by atoms with Crippen LogP contribution in [0.1, 0.15) is 19.4 Å². The van der Waals surface area contributed by atoms with Crippen LogP contribution in [0.4, 0.5) is 5.69 Å². The lowest BCUT2D eigenvalue weighted by Gasteiger charge is -2.36. The highest BCUT2D eigenvalue weighted by atomic mass is 16.2. The monoisotopic (exact) mass is 273 g/mol. The lowest BCUT2D eigenvalue weighted by Crippen LogP contribution is -2.50. The van der Waals surface area contributed by atoms with Crippen LogP contribution in [0.25, 0.3) is 6.08 Å². The Kier molecular flexibility index (Phi) is 4.79. The molecule has 0 atom stereocenters. The van der Waals surface area contributed by atoms with Gasteiger partial charge in [-0.25, -0.2) is 0 Å². The summed E-state index contributed by atoms with van der Waals surface area (Å²) in [7, 11) is 0. The van der Waals surface area contributed by atoms with E-state index in [1.54, 1.807) is 6.08 Å². The van der Waals surface area contributed by atoms with Gasteiger partial charge in [0, 0.05) is 44.0 Å². The molecule has 0 radical (unpaired) electrons. The van der Waals surface area contributed by atoms with Gasteiger partial charge in [-0.3, -0.25) is 9.69 Å². The first kappa shape index (κ1) is 14.6. The van der Waals surface area contributed by atoms with Crippen LogP contribution in [0.15, 0.2) is 30.3 Å². The lowest BCUT2D eigenvalue weighted by molar-refractivity contribution is -0.127. The van der Waals surface area contributed by atoms with Gasteiger partial charge in [0.05, 0.1) is 0 Å². The second kappa shape index (κ2) is 6.57. The molecule has 0 aromatic heterocycles.